The first-order valence-electron chi connectivity index (χ1n) is 5.33. The highest BCUT2D eigenvalue weighted by Crippen LogP contribution is 2.37. The lowest BCUT2D eigenvalue weighted by Gasteiger charge is -2.09. The number of halogens is 3. The summed E-state index contributed by atoms with van der Waals surface area (Å²) in [6, 6.07) is 2.34. The first kappa shape index (κ1) is 14.5. The minimum absolute atomic E-state index is 0.0899. The number of benzene rings is 1. The van der Waals surface area contributed by atoms with Crippen LogP contribution in [0.5, 0.6) is 0 Å². The standard InChI is InChI=1S/C11H6F3N3O4/c12-11(13,14)7-3-6(1-2-9(7)17(20)21)16-4-8(10(18)19)15-5-16/h1-5H,(H,18,19). The van der Waals surface area contributed by atoms with Crippen LogP contribution >= 0.6 is 0 Å². The van der Waals surface area contributed by atoms with Crippen LogP contribution in [0.2, 0.25) is 0 Å². The Morgan fingerprint density at radius 2 is 2.05 bits per heavy atom. The molecule has 21 heavy (non-hydrogen) atoms. The Morgan fingerprint density at radius 1 is 1.38 bits per heavy atom. The molecule has 1 aromatic carbocycles. The number of aromatic carboxylic acids is 1. The maximum Gasteiger partial charge on any atom is 0.423 e. The molecule has 0 spiro atoms. The predicted molar refractivity (Wildman–Crippen MR) is 62.2 cm³/mol. The van der Waals surface area contributed by atoms with Gasteiger partial charge in [0.1, 0.15) is 11.9 Å². The van der Waals surface area contributed by atoms with Gasteiger partial charge in [-0.05, 0) is 12.1 Å². The van der Waals surface area contributed by atoms with Crippen LogP contribution in [-0.2, 0) is 6.18 Å². The van der Waals surface area contributed by atoms with Crippen LogP contribution in [0.25, 0.3) is 5.69 Å². The van der Waals surface area contributed by atoms with Gasteiger partial charge in [-0.2, -0.15) is 13.2 Å². The first-order valence-corrected chi connectivity index (χ1v) is 5.33. The third kappa shape index (κ3) is 2.83. The van der Waals surface area contributed by atoms with Crippen molar-refractivity contribution >= 4 is 11.7 Å². The molecule has 0 bridgehead atoms. The van der Waals surface area contributed by atoms with Gasteiger partial charge in [-0.1, -0.05) is 0 Å². The third-order valence-electron chi connectivity index (χ3n) is 2.58. The van der Waals surface area contributed by atoms with E-state index in [0.717, 1.165) is 23.2 Å². The van der Waals surface area contributed by atoms with Gasteiger partial charge in [-0.25, -0.2) is 9.78 Å². The summed E-state index contributed by atoms with van der Waals surface area (Å²) in [4.78, 5) is 23.6. The van der Waals surface area contributed by atoms with Gasteiger partial charge in [0.15, 0.2) is 5.69 Å². The van der Waals surface area contributed by atoms with Crippen molar-refractivity contribution in [3.05, 3.63) is 52.1 Å². The van der Waals surface area contributed by atoms with E-state index >= 15 is 0 Å². The molecule has 0 radical (unpaired) electrons. The number of carboxylic acid groups (broad SMARTS) is 1. The molecule has 0 amide bonds. The van der Waals surface area contributed by atoms with Crippen molar-refractivity contribution in [1.82, 2.24) is 9.55 Å². The number of imidazole rings is 1. The Morgan fingerprint density at radius 3 is 2.52 bits per heavy atom. The van der Waals surface area contributed by atoms with E-state index in [1.165, 1.54) is 0 Å². The van der Waals surface area contributed by atoms with Gasteiger partial charge >= 0.3 is 12.1 Å². The molecule has 10 heteroatoms. The van der Waals surface area contributed by atoms with Crippen LogP contribution in [0, 0.1) is 10.1 Å². The molecule has 0 aliphatic rings. The van der Waals surface area contributed by atoms with Crippen LogP contribution in [0.1, 0.15) is 16.1 Å². The Hall–Kier alpha value is -2.91. The number of alkyl halides is 3. The van der Waals surface area contributed by atoms with Crippen molar-refractivity contribution in [2.75, 3.05) is 0 Å². The fourth-order valence-electron chi connectivity index (χ4n) is 1.65. The molecule has 7 nitrogen and oxygen atoms in total. The van der Waals surface area contributed by atoms with Gasteiger partial charge in [0.05, 0.1) is 4.92 Å². The highest BCUT2D eigenvalue weighted by Gasteiger charge is 2.38. The van der Waals surface area contributed by atoms with E-state index in [1.54, 1.807) is 0 Å². The van der Waals surface area contributed by atoms with Crippen LogP contribution < -0.4 is 0 Å². The molecule has 1 N–H and O–H groups in total. The zero-order valence-electron chi connectivity index (χ0n) is 10.0. The van der Waals surface area contributed by atoms with E-state index in [4.69, 9.17) is 5.11 Å². The van der Waals surface area contributed by atoms with E-state index in [9.17, 15) is 28.1 Å². The highest BCUT2D eigenvalue weighted by molar-refractivity contribution is 5.85. The van der Waals surface area contributed by atoms with Crippen molar-refractivity contribution in [2.45, 2.75) is 6.18 Å². The zero-order chi connectivity index (χ0) is 15.8. The topological polar surface area (TPSA) is 98.3 Å². The van der Waals surface area contributed by atoms with Crippen molar-refractivity contribution in [2.24, 2.45) is 0 Å². The monoisotopic (exact) mass is 301 g/mol. The summed E-state index contributed by atoms with van der Waals surface area (Å²) < 4.78 is 39.5. The number of carboxylic acids is 1. The average molecular weight is 301 g/mol. The highest BCUT2D eigenvalue weighted by atomic mass is 19.4. The summed E-state index contributed by atoms with van der Waals surface area (Å²) in [6.45, 7) is 0. The van der Waals surface area contributed by atoms with Gasteiger partial charge in [0.25, 0.3) is 5.69 Å². The smallest absolute Gasteiger partial charge is 0.423 e. The molecule has 2 aromatic rings. The van der Waals surface area contributed by atoms with Crippen LogP contribution in [0.15, 0.2) is 30.7 Å². The summed E-state index contributed by atoms with van der Waals surface area (Å²) in [5.74, 6) is -1.34. The lowest BCUT2D eigenvalue weighted by Crippen LogP contribution is -2.10. The second-order valence-electron chi connectivity index (χ2n) is 3.93. The number of aromatic nitrogens is 2. The van der Waals surface area contributed by atoms with E-state index in [1.807, 2.05) is 0 Å². The number of hydrogen-bond donors (Lipinski definition) is 1. The molecule has 1 heterocycles. The number of rotatable bonds is 3. The van der Waals surface area contributed by atoms with E-state index in [-0.39, 0.29) is 11.4 Å². The quantitative estimate of drug-likeness (QED) is 0.693. The molecule has 0 atom stereocenters. The SMILES string of the molecule is O=C(O)c1cn(-c2ccc([N+](=O)[O-])c(C(F)(F)F)c2)cn1. The van der Waals surface area contributed by atoms with Crippen LogP contribution in [0.4, 0.5) is 18.9 Å². The van der Waals surface area contributed by atoms with E-state index < -0.39 is 28.3 Å². The van der Waals surface area contributed by atoms with Crippen molar-refractivity contribution in [1.29, 1.82) is 0 Å². The molecule has 0 aliphatic carbocycles. The summed E-state index contributed by atoms with van der Waals surface area (Å²) in [7, 11) is 0. The van der Waals surface area contributed by atoms with Gasteiger partial charge in [0, 0.05) is 18.0 Å². The van der Waals surface area contributed by atoms with Gasteiger partial charge in [-0.15, -0.1) is 0 Å². The zero-order valence-corrected chi connectivity index (χ0v) is 10.0. The van der Waals surface area contributed by atoms with Crippen molar-refractivity contribution < 1.29 is 28.0 Å². The molecule has 2 rings (SSSR count). The summed E-state index contributed by atoms with van der Waals surface area (Å²) >= 11 is 0. The van der Waals surface area contributed by atoms with Gasteiger partial charge < -0.3 is 9.67 Å². The Labute approximate surface area is 114 Å². The Kier molecular flexibility index (Phi) is 3.37. The molecular formula is C11H6F3N3O4. The van der Waals surface area contributed by atoms with E-state index in [0.29, 0.717) is 12.1 Å². The molecule has 0 saturated carbocycles. The maximum absolute atomic E-state index is 12.8. The Bertz CT molecular complexity index is 724. The molecule has 0 unspecified atom stereocenters. The number of nitro groups is 1. The van der Waals surface area contributed by atoms with Crippen LogP contribution in [0.3, 0.4) is 0 Å². The predicted octanol–water partition coefficient (Wildman–Crippen LogP) is 2.50. The Balaban J connectivity index is 2.56. The fraction of sp³-hybridized carbons (Fsp3) is 0.0909. The minimum Gasteiger partial charge on any atom is -0.476 e. The van der Waals surface area contributed by atoms with Crippen molar-refractivity contribution in [3.8, 4) is 5.69 Å². The lowest BCUT2D eigenvalue weighted by molar-refractivity contribution is -0.388. The molecule has 110 valence electrons. The van der Waals surface area contributed by atoms with Gasteiger partial charge in [0.2, 0.25) is 0 Å². The first-order chi connectivity index (χ1) is 9.70. The molecule has 0 fully saturated rings. The fourth-order valence-corrected chi connectivity index (χ4v) is 1.65. The molecule has 1 aromatic heterocycles. The minimum atomic E-state index is -4.91. The summed E-state index contributed by atoms with van der Waals surface area (Å²) in [5.41, 5.74) is -2.95. The lowest BCUT2D eigenvalue weighted by atomic mass is 10.1. The molecule has 0 aliphatic heterocycles. The second kappa shape index (κ2) is 4.89. The average Bonchev–Trinajstić information content (AvgIpc) is 2.86. The number of nitrogens with zero attached hydrogens (tertiary/aromatic N) is 3. The molecular weight excluding hydrogens is 295 g/mol. The van der Waals surface area contributed by atoms with Crippen molar-refractivity contribution in [3.63, 3.8) is 0 Å². The largest absolute Gasteiger partial charge is 0.476 e. The van der Waals surface area contributed by atoms with E-state index in [2.05, 4.69) is 4.98 Å². The normalized spacial score (nSPS) is 11.4. The van der Waals surface area contributed by atoms with Crippen LogP contribution in [-0.4, -0.2) is 25.6 Å². The number of hydrogen-bond acceptors (Lipinski definition) is 4. The third-order valence-corrected chi connectivity index (χ3v) is 2.58. The second-order valence-corrected chi connectivity index (χ2v) is 3.93. The van der Waals surface area contributed by atoms with Gasteiger partial charge in [-0.3, -0.25) is 10.1 Å². The number of nitro benzene ring substituents is 1. The summed E-state index contributed by atoms with van der Waals surface area (Å²) in [5, 5.41) is 19.3. The summed E-state index contributed by atoms with van der Waals surface area (Å²) in [6.07, 6.45) is -2.90. The molecule has 0 saturated heterocycles. The maximum atomic E-state index is 12.8. The number of carbonyl (C=O) groups is 1.